The van der Waals surface area contributed by atoms with Gasteiger partial charge in [-0.2, -0.15) is 4.31 Å². The summed E-state index contributed by atoms with van der Waals surface area (Å²) >= 11 is 5.99. The van der Waals surface area contributed by atoms with Gasteiger partial charge < -0.3 is 5.32 Å². The zero-order valence-corrected chi connectivity index (χ0v) is 18.7. The maximum atomic E-state index is 12.9. The minimum atomic E-state index is -3.57. The summed E-state index contributed by atoms with van der Waals surface area (Å²) < 4.78 is 27.3. The van der Waals surface area contributed by atoms with Crippen LogP contribution in [0.1, 0.15) is 30.9 Å². The van der Waals surface area contributed by atoms with Crippen molar-refractivity contribution in [3.05, 3.63) is 58.6 Å². The van der Waals surface area contributed by atoms with E-state index < -0.39 is 16.1 Å². The van der Waals surface area contributed by atoms with Crippen molar-refractivity contribution < 1.29 is 18.0 Å². The van der Waals surface area contributed by atoms with Crippen LogP contribution in [-0.2, 0) is 32.6 Å². The molecular formula is C22H24ClN3O4S. The van der Waals surface area contributed by atoms with Crippen molar-refractivity contribution in [2.24, 2.45) is 0 Å². The molecule has 0 bridgehead atoms. The molecule has 1 atom stereocenters. The number of hydrogen-bond acceptors (Lipinski definition) is 4. The molecule has 1 N–H and O–H groups in total. The van der Waals surface area contributed by atoms with Crippen LogP contribution in [0.3, 0.4) is 0 Å². The summed E-state index contributed by atoms with van der Waals surface area (Å²) in [6.07, 6.45) is 1.98. The molecule has 2 aliphatic heterocycles. The van der Waals surface area contributed by atoms with Crippen molar-refractivity contribution in [1.29, 1.82) is 0 Å². The van der Waals surface area contributed by atoms with Crippen LogP contribution >= 0.6 is 11.6 Å². The summed E-state index contributed by atoms with van der Waals surface area (Å²) in [5, 5.41) is 3.44. The number of anilines is 1. The molecule has 0 aromatic heterocycles. The Morgan fingerprint density at radius 3 is 2.55 bits per heavy atom. The topological polar surface area (TPSA) is 86.8 Å². The number of benzene rings is 2. The summed E-state index contributed by atoms with van der Waals surface area (Å²) in [5.74, 6) is -0.563. The summed E-state index contributed by atoms with van der Waals surface area (Å²) in [4.78, 5) is 26.9. The fraction of sp³-hybridized carbons (Fsp3) is 0.364. The number of fused-ring (bicyclic) bond motifs is 1. The monoisotopic (exact) mass is 461 g/mol. The molecule has 2 amide bonds. The number of carbonyl (C=O) groups excluding carboxylic acids is 2. The van der Waals surface area contributed by atoms with E-state index in [1.807, 2.05) is 6.07 Å². The van der Waals surface area contributed by atoms with E-state index in [-0.39, 0.29) is 29.7 Å². The molecule has 164 valence electrons. The number of sulfonamides is 1. The molecule has 31 heavy (non-hydrogen) atoms. The first-order valence-corrected chi connectivity index (χ1v) is 12.0. The quantitative estimate of drug-likeness (QED) is 0.741. The first kappa shape index (κ1) is 21.8. The lowest BCUT2D eigenvalue weighted by Gasteiger charge is -2.23. The largest absolute Gasteiger partial charge is 0.350 e. The van der Waals surface area contributed by atoms with Gasteiger partial charge >= 0.3 is 0 Å². The van der Waals surface area contributed by atoms with Crippen molar-refractivity contribution in [2.45, 2.75) is 43.7 Å². The van der Waals surface area contributed by atoms with Crippen LogP contribution in [-0.4, -0.2) is 43.7 Å². The normalized spacial score (nSPS) is 18.8. The SMILES string of the molecule is CC(=O)N1c2ccc(S(=O)(=O)N3CCCC3)cc2C[C@H]1C(=O)NCc1cccc(Cl)c1. The Morgan fingerprint density at radius 2 is 1.87 bits per heavy atom. The molecule has 2 aromatic carbocycles. The third-order valence-electron chi connectivity index (χ3n) is 5.74. The number of rotatable bonds is 5. The second-order valence-corrected chi connectivity index (χ2v) is 10.2. The van der Waals surface area contributed by atoms with Gasteiger partial charge in [0.25, 0.3) is 0 Å². The first-order valence-electron chi connectivity index (χ1n) is 10.2. The third-order valence-corrected chi connectivity index (χ3v) is 7.87. The zero-order valence-electron chi connectivity index (χ0n) is 17.2. The Hall–Kier alpha value is -2.42. The number of nitrogens with one attached hydrogen (secondary N) is 1. The van der Waals surface area contributed by atoms with E-state index in [4.69, 9.17) is 11.6 Å². The Morgan fingerprint density at radius 1 is 1.13 bits per heavy atom. The van der Waals surface area contributed by atoms with Crippen molar-refractivity contribution in [2.75, 3.05) is 18.0 Å². The van der Waals surface area contributed by atoms with E-state index in [1.165, 1.54) is 22.2 Å². The van der Waals surface area contributed by atoms with E-state index in [1.54, 1.807) is 30.3 Å². The molecule has 2 aliphatic rings. The van der Waals surface area contributed by atoms with E-state index >= 15 is 0 Å². The highest BCUT2D eigenvalue weighted by molar-refractivity contribution is 7.89. The molecule has 4 rings (SSSR count). The van der Waals surface area contributed by atoms with Gasteiger partial charge in [-0.15, -0.1) is 0 Å². The Balaban J connectivity index is 1.55. The van der Waals surface area contributed by atoms with Gasteiger partial charge in [0.1, 0.15) is 6.04 Å². The molecule has 2 heterocycles. The fourth-order valence-corrected chi connectivity index (χ4v) is 6.00. The molecule has 2 aromatic rings. The highest BCUT2D eigenvalue weighted by atomic mass is 35.5. The maximum absolute atomic E-state index is 12.9. The van der Waals surface area contributed by atoms with E-state index in [9.17, 15) is 18.0 Å². The smallest absolute Gasteiger partial charge is 0.243 e. The van der Waals surface area contributed by atoms with Crippen LogP contribution < -0.4 is 10.2 Å². The maximum Gasteiger partial charge on any atom is 0.243 e. The van der Waals surface area contributed by atoms with Gasteiger partial charge in [0.15, 0.2) is 0 Å². The highest BCUT2D eigenvalue weighted by Crippen LogP contribution is 2.35. The van der Waals surface area contributed by atoms with Crippen molar-refractivity contribution >= 4 is 39.1 Å². The van der Waals surface area contributed by atoms with Gasteiger partial charge in [-0.1, -0.05) is 23.7 Å². The number of hydrogen-bond donors (Lipinski definition) is 1. The van der Waals surface area contributed by atoms with Crippen LogP contribution in [0.2, 0.25) is 5.02 Å². The zero-order chi connectivity index (χ0) is 22.2. The summed E-state index contributed by atoms with van der Waals surface area (Å²) in [6, 6.07) is 11.2. The Bertz CT molecular complexity index is 1130. The second kappa shape index (κ2) is 8.61. The van der Waals surface area contributed by atoms with Crippen molar-refractivity contribution in [3.8, 4) is 0 Å². The first-order chi connectivity index (χ1) is 14.8. The molecule has 9 heteroatoms. The van der Waals surface area contributed by atoms with Crippen LogP contribution in [0.25, 0.3) is 0 Å². The van der Waals surface area contributed by atoms with Crippen LogP contribution in [0.5, 0.6) is 0 Å². The van der Waals surface area contributed by atoms with E-state index in [0.29, 0.717) is 29.4 Å². The Kier molecular flexibility index (Phi) is 6.05. The average molecular weight is 462 g/mol. The van der Waals surface area contributed by atoms with Crippen LogP contribution in [0.4, 0.5) is 5.69 Å². The number of amides is 2. The molecule has 1 fully saturated rings. The molecule has 7 nitrogen and oxygen atoms in total. The van der Waals surface area contributed by atoms with Gasteiger partial charge in [0, 0.05) is 43.7 Å². The molecule has 0 saturated carbocycles. The summed E-state index contributed by atoms with van der Waals surface area (Å²) in [5.41, 5.74) is 2.11. The van der Waals surface area contributed by atoms with E-state index in [2.05, 4.69) is 5.32 Å². The molecule has 0 spiro atoms. The lowest BCUT2D eigenvalue weighted by Crippen LogP contribution is -2.47. The van der Waals surface area contributed by atoms with Crippen molar-refractivity contribution in [1.82, 2.24) is 9.62 Å². The van der Waals surface area contributed by atoms with Crippen molar-refractivity contribution in [3.63, 3.8) is 0 Å². The third kappa shape index (κ3) is 4.33. The molecule has 0 radical (unpaired) electrons. The Labute approximate surface area is 187 Å². The lowest BCUT2D eigenvalue weighted by atomic mass is 10.1. The molecule has 0 unspecified atom stereocenters. The van der Waals surface area contributed by atoms with Gasteiger partial charge in [-0.3, -0.25) is 14.5 Å². The van der Waals surface area contributed by atoms with Gasteiger partial charge in [-0.25, -0.2) is 8.42 Å². The lowest BCUT2D eigenvalue weighted by molar-refractivity contribution is -0.125. The second-order valence-electron chi connectivity index (χ2n) is 7.86. The van der Waals surface area contributed by atoms with Crippen LogP contribution in [0, 0.1) is 0 Å². The standard InChI is InChI=1S/C22H24ClN3O4S/c1-15(27)26-20-8-7-19(31(29,30)25-9-2-3-10-25)12-17(20)13-21(26)22(28)24-14-16-5-4-6-18(23)11-16/h4-8,11-12,21H,2-3,9-10,13-14H2,1H3,(H,24,28)/t21-/m0/s1. The summed E-state index contributed by atoms with van der Waals surface area (Å²) in [6.45, 7) is 2.73. The average Bonchev–Trinajstić information content (AvgIpc) is 3.40. The predicted molar refractivity (Wildman–Crippen MR) is 118 cm³/mol. The van der Waals surface area contributed by atoms with E-state index in [0.717, 1.165) is 18.4 Å². The van der Waals surface area contributed by atoms with Gasteiger partial charge in [0.2, 0.25) is 21.8 Å². The van der Waals surface area contributed by atoms with Gasteiger partial charge in [0.05, 0.1) is 4.90 Å². The van der Waals surface area contributed by atoms with Crippen LogP contribution in [0.15, 0.2) is 47.4 Å². The number of nitrogens with zero attached hydrogens (tertiary/aromatic N) is 2. The minimum Gasteiger partial charge on any atom is -0.350 e. The molecule has 0 aliphatic carbocycles. The number of halogens is 1. The highest BCUT2D eigenvalue weighted by Gasteiger charge is 2.38. The minimum absolute atomic E-state index is 0.205. The number of carbonyl (C=O) groups is 2. The van der Waals surface area contributed by atoms with Gasteiger partial charge in [-0.05, 0) is 54.3 Å². The fourth-order valence-electron chi connectivity index (χ4n) is 4.22. The molecule has 1 saturated heterocycles. The molecular weight excluding hydrogens is 438 g/mol. The predicted octanol–water partition coefficient (Wildman–Crippen LogP) is 2.72. The summed E-state index contributed by atoms with van der Waals surface area (Å²) in [7, 11) is -3.57.